The van der Waals surface area contributed by atoms with Crippen LogP contribution in [0.25, 0.3) is 0 Å². The molecule has 2 atom stereocenters. The summed E-state index contributed by atoms with van der Waals surface area (Å²) in [5.74, 6) is 1.69. The van der Waals surface area contributed by atoms with Gasteiger partial charge in [-0.05, 0) is 37.6 Å². The van der Waals surface area contributed by atoms with Crippen molar-refractivity contribution >= 4 is 0 Å². The zero-order chi connectivity index (χ0) is 14.3. The third kappa shape index (κ3) is 4.75. The third-order valence-electron chi connectivity index (χ3n) is 4.99. The first-order valence-corrected chi connectivity index (χ1v) is 8.53. The molecule has 2 N–H and O–H groups in total. The van der Waals surface area contributed by atoms with Crippen molar-refractivity contribution in [3.05, 3.63) is 0 Å². The number of hydrogen-bond donors (Lipinski definition) is 1. The van der Waals surface area contributed by atoms with E-state index >= 15 is 0 Å². The van der Waals surface area contributed by atoms with E-state index in [2.05, 4.69) is 32.6 Å². The van der Waals surface area contributed by atoms with Crippen LogP contribution >= 0.6 is 0 Å². The second-order valence-corrected chi connectivity index (χ2v) is 6.95. The predicted octanol–water partition coefficient (Wildman–Crippen LogP) is 4.04. The first-order chi connectivity index (χ1) is 9.07. The molecule has 0 heterocycles. The van der Waals surface area contributed by atoms with E-state index in [1.807, 2.05) is 0 Å². The fraction of sp³-hybridized carbons (Fsp3) is 1.00. The van der Waals surface area contributed by atoms with Gasteiger partial charge in [-0.15, -0.1) is 0 Å². The van der Waals surface area contributed by atoms with Crippen molar-refractivity contribution < 1.29 is 0 Å². The Hall–Kier alpha value is -0.0800. The van der Waals surface area contributed by atoms with E-state index in [1.54, 1.807) is 0 Å². The van der Waals surface area contributed by atoms with Gasteiger partial charge in [0.25, 0.3) is 0 Å². The number of rotatable bonds is 7. The van der Waals surface area contributed by atoms with Crippen LogP contribution in [0, 0.1) is 11.8 Å². The average Bonchev–Trinajstić information content (AvgIpc) is 2.60. The SMILES string of the molecule is CCCC1CCCC(CN)(N(CC)CC(C)C)CC1. The topological polar surface area (TPSA) is 29.3 Å². The maximum atomic E-state index is 6.24. The second-order valence-electron chi connectivity index (χ2n) is 6.95. The van der Waals surface area contributed by atoms with Crippen LogP contribution in [0.1, 0.15) is 72.6 Å². The fourth-order valence-electron chi connectivity index (χ4n) is 3.91. The van der Waals surface area contributed by atoms with E-state index in [1.165, 1.54) is 51.5 Å². The van der Waals surface area contributed by atoms with Gasteiger partial charge in [-0.1, -0.05) is 53.4 Å². The highest BCUT2D eigenvalue weighted by Crippen LogP contribution is 2.36. The van der Waals surface area contributed by atoms with E-state index in [4.69, 9.17) is 5.73 Å². The van der Waals surface area contributed by atoms with Crippen LogP contribution in [0.2, 0.25) is 0 Å². The minimum Gasteiger partial charge on any atom is -0.329 e. The Morgan fingerprint density at radius 3 is 2.47 bits per heavy atom. The van der Waals surface area contributed by atoms with Gasteiger partial charge in [-0.2, -0.15) is 0 Å². The summed E-state index contributed by atoms with van der Waals surface area (Å²) in [7, 11) is 0. The Morgan fingerprint density at radius 1 is 1.21 bits per heavy atom. The van der Waals surface area contributed by atoms with Crippen molar-refractivity contribution in [1.29, 1.82) is 0 Å². The Kier molecular flexibility index (Phi) is 7.38. The molecule has 0 aromatic heterocycles. The molecule has 2 nitrogen and oxygen atoms in total. The molecule has 0 spiro atoms. The van der Waals surface area contributed by atoms with E-state index in [0.29, 0.717) is 5.54 Å². The molecule has 19 heavy (non-hydrogen) atoms. The minimum absolute atomic E-state index is 0.293. The smallest absolute Gasteiger partial charge is 0.0331 e. The molecule has 1 saturated carbocycles. The van der Waals surface area contributed by atoms with Crippen molar-refractivity contribution in [2.75, 3.05) is 19.6 Å². The summed E-state index contributed by atoms with van der Waals surface area (Å²) in [6, 6.07) is 0. The van der Waals surface area contributed by atoms with Gasteiger partial charge in [0.15, 0.2) is 0 Å². The first kappa shape index (κ1) is 17.0. The van der Waals surface area contributed by atoms with Crippen LogP contribution in [-0.2, 0) is 0 Å². The van der Waals surface area contributed by atoms with Gasteiger partial charge < -0.3 is 5.73 Å². The van der Waals surface area contributed by atoms with Crippen LogP contribution in [0.15, 0.2) is 0 Å². The van der Waals surface area contributed by atoms with Gasteiger partial charge in [0.1, 0.15) is 0 Å². The summed E-state index contributed by atoms with van der Waals surface area (Å²) in [6.07, 6.45) is 9.56. The van der Waals surface area contributed by atoms with E-state index in [9.17, 15) is 0 Å². The fourth-order valence-corrected chi connectivity index (χ4v) is 3.91. The monoisotopic (exact) mass is 268 g/mol. The molecule has 0 saturated heterocycles. The lowest BCUT2D eigenvalue weighted by Gasteiger charge is -2.44. The largest absolute Gasteiger partial charge is 0.329 e. The summed E-state index contributed by atoms with van der Waals surface area (Å²) < 4.78 is 0. The van der Waals surface area contributed by atoms with Gasteiger partial charge in [0, 0.05) is 18.6 Å². The molecule has 1 aliphatic rings. The molecule has 114 valence electrons. The van der Waals surface area contributed by atoms with Crippen LogP contribution in [0.3, 0.4) is 0 Å². The van der Waals surface area contributed by atoms with Gasteiger partial charge >= 0.3 is 0 Å². The summed E-state index contributed by atoms with van der Waals surface area (Å²) in [6.45, 7) is 12.5. The Balaban J connectivity index is 2.72. The first-order valence-electron chi connectivity index (χ1n) is 8.53. The van der Waals surface area contributed by atoms with Crippen molar-refractivity contribution in [2.24, 2.45) is 17.6 Å². The second kappa shape index (κ2) is 8.26. The van der Waals surface area contributed by atoms with Gasteiger partial charge in [-0.25, -0.2) is 0 Å². The maximum absolute atomic E-state index is 6.24. The lowest BCUT2D eigenvalue weighted by Crippen LogP contribution is -2.54. The molecule has 0 aromatic carbocycles. The molecule has 0 amide bonds. The molecule has 1 rings (SSSR count). The van der Waals surface area contributed by atoms with Gasteiger partial charge in [-0.3, -0.25) is 4.90 Å². The molecule has 0 bridgehead atoms. The highest BCUT2D eigenvalue weighted by Gasteiger charge is 2.36. The molecule has 2 unspecified atom stereocenters. The Bertz CT molecular complexity index is 239. The summed E-state index contributed by atoms with van der Waals surface area (Å²) in [5.41, 5.74) is 6.53. The zero-order valence-electron chi connectivity index (χ0n) is 13.8. The number of nitrogens with two attached hydrogens (primary N) is 1. The Labute approximate surface area is 121 Å². The van der Waals surface area contributed by atoms with Crippen molar-refractivity contribution in [3.63, 3.8) is 0 Å². The van der Waals surface area contributed by atoms with Gasteiger partial charge in [0.05, 0.1) is 0 Å². The van der Waals surface area contributed by atoms with Crippen LogP contribution in [-0.4, -0.2) is 30.1 Å². The molecular weight excluding hydrogens is 232 g/mol. The summed E-state index contributed by atoms with van der Waals surface area (Å²) in [5, 5.41) is 0. The standard InChI is InChI=1S/C17H36N2/c1-5-8-16-9-7-11-17(14-18,12-10-16)19(6-2)13-15(3)4/h15-16H,5-14,18H2,1-4H3. The quantitative estimate of drug-likeness (QED) is 0.706. The lowest BCUT2D eigenvalue weighted by molar-refractivity contribution is 0.0702. The highest BCUT2D eigenvalue weighted by molar-refractivity contribution is 4.94. The molecular formula is C17H36N2. The van der Waals surface area contributed by atoms with E-state index < -0.39 is 0 Å². The molecule has 2 heteroatoms. The van der Waals surface area contributed by atoms with Crippen molar-refractivity contribution in [1.82, 2.24) is 4.90 Å². The predicted molar refractivity (Wildman–Crippen MR) is 85.4 cm³/mol. The summed E-state index contributed by atoms with van der Waals surface area (Å²) in [4.78, 5) is 2.69. The third-order valence-corrected chi connectivity index (χ3v) is 4.99. The summed E-state index contributed by atoms with van der Waals surface area (Å²) >= 11 is 0. The average molecular weight is 268 g/mol. The zero-order valence-corrected chi connectivity index (χ0v) is 13.8. The van der Waals surface area contributed by atoms with E-state index in [-0.39, 0.29) is 0 Å². The van der Waals surface area contributed by atoms with E-state index in [0.717, 1.165) is 24.9 Å². The minimum atomic E-state index is 0.293. The molecule has 0 aromatic rings. The lowest BCUT2D eigenvalue weighted by atomic mass is 9.86. The van der Waals surface area contributed by atoms with Crippen molar-refractivity contribution in [2.45, 2.75) is 78.2 Å². The molecule has 1 aliphatic carbocycles. The Morgan fingerprint density at radius 2 is 1.95 bits per heavy atom. The number of likely N-dealkylation sites (N-methyl/N-ethyl adjacent to an activating group) is 1. The van der Waals surface area contributed by atoms with Crippen LogP contribution < -0.4 is 5.73 Å². The molecule has 1 fully saturated rings. The highest BCUT2D eigenvalue weighted by atomic mass is 15.2. The van der Waals surface area contributed by atoms with Crippen molar-refractivity contribution in [3.8, 4) is 0 Å². The number of hydrogen-bond acceptors (Lipinski definition) is 2. The molecule has 0 radical (unpaired) electrons. The van der Waals surface area contributed by atoms with Crippen LogP contribution in [0.4, 0.5) is 0 Å². The number of nitrogens with zero attached hydrogens (tertiary/aromatic N) is 1. The van der Waals surface area contributed by atoms with Crippen LogP contribution in [0.5, 0.6) is 0 Å². The van der Waals surface area contributed by atoms with Gasteiger partial charge in [0.2, 0.25) is 0 Å². The normalized spacial score (nSPS) is 28.9. The molecule has 0 aliphatic heterocycles. The maximum Gasteiger partial charge on any atom is 0.0331 e.